The second-order valence-corrected chi connectivity index (χ2v) is 5.49. The van der Waals surface area contributed by atoms with Crippen LogP contribution in [0.25, 0.3) is 11.3 Å². The molecular formula is C14H13BrF3NO. The molecule has 0 spiro atoms. The van der Waals surface area contributed by atoms with Crippen LogP contribution < -0.4 is 5.73 Å². The Morgan fingerprint density at radius 1 is 1.25 bits per heavy atom. The Kier molecular flexibility index (Phi) is 4.25. The van der Waals surface area contributed by atoms with Crippen LogP contribution in [0, 0.1) is 0 Å². The molecule has 0 aliphatic carbocycles. The SMILES string of the molecule is CC(N)Cc1ccc(-c2ccc(Br)c(C(F)(F)F)c2)o1. The zero-order valence-corrected chi connectivity index (χ0v) is 12.3. The lowest BCUT2D eigenvalue weighted by atomic mass is 10.1. The molecule has 2 nitrogen and oxygen atoms in total. The van der Waals surface area contributed by atoms with Crippen LogP contribution in [0.4, 0.5) is 13.2 Å². The molecule has 1 unspecified atom stereocenters. The smallest absolute Gasteiger partial charge is 0.417 e. The standard InChI is InChI=1S/C14H13BrF3NO/c1-8(19)6-10-3-5-13(20-10)9-2-4-12(15)11(7-9)14(16,17)18/h2-5,7-8H,6,19H2,1H3. The van der Waals surface area contributed by atoms with Crippen LogP contribution in [0.15, 0.2) is 39.2 Å². The van der Waals surface area contributed by atoms with Gasteiger partial charge in [0.2, 0.25) is 0 Å². The highest BCUT2D eigenvalue weighted by molar-refractivity contribution is 9.10. The minimum atomic E-state index is -4.41. The largest absolute Gasteiger partial charge is 0.461 e. The van der Waals surface area contributed by atoms with E-state index in [1.807, 2.05) is 6.92 Å². The van der Waals surface area contributed by atoms with E-state index in [1.54, 1.807) is 18.2 Å². The van der Waals surface area contributed by atoms with Gasteiger partial charge in [-0.3, -0.25) is 0 Å². The van der Waals surface area contributed by atoms with Gasteiger partial charge in [-0.2, -0.15) is 13.2 Å². The van der Waals surface area contributed by atoms with Gasteiger partial charge < -0.3 is 10.2 Å². The van der Waals surface area contributed by atoms with Crippen molar-refractivity contribution in [3.63, 3.8) is 0 Å². The van der Waals surface area contributed by atoms with Gasteiger partial charge in [-0.05, 0) is 31.2 Å². The van der Waals surface area contributed by atoms with Gasteiger partial charge in [0.1, 0.15) is 11.5 Å². The first kappa shape index (κ1) is 15.1. The van der Waals surface area contributed by atoms with Crippen LogP contribution in [0.2, 0.25) is 0 Å². The van der Waals surface area contributed by atoms with Crippen molar-refractivity contribution in [1.82, 2.24) is 0 Å². The summed E-state index contributed by atoms with van der Waals surface area (Å²) in [4.78, 5) is 0. The molecule has 0 bridgehead atoms. The summed E-state index contributed by atoms with van der Waals surface area (Å²) in [5, 5.41) is 0. The van der Waals surface area contributed by atoms with Crippen LogP contribution in [-0.4, -0.2) is 6.04 Å². The molecule has 0 aliphatic heterocycles. The number of hydrogen-bond acceptors (Lipinski definition) is 2. The average molecular weight is 348 g/mol. The van der Waals surface area contributed by atoms with Crippen LogP contribution in [0.1, 0.15) is 18.2 Å². The molecule has 108 valence electrons. The third-order valence-electron chi connectivity index (χ3n) is 2.74. The van der Waals surface area contributed by atoms with Gasteiger partial charge in [0.25, 0.3) is 0 Å². The maximum atomic E-state index is 12.8. The van der Waals surface area contributed by atoms with Crippen molar-refractivity contribution in [2.24, 2.45) is 5.73 Å². The average Bonchev–Trinajstić information content (AvgIpc) is 2.75. The molecule has 0 saturated heterocycles. The predicted molar refractivity (Wildman–Crippen MR) is 74.2 cm³/mol. The quantitative estimate of drug-likeness (QED) is 0.879. The van der Waals surface area contributed by atoms with Crippen molar-refractivity contribution in [1.29, 1.82) is 0 Å². The number of hydrogen-bond donors (Lipinski definition) is 1. The van der Waals surface area contributed by atoms with Gasteiger partial charge in [-0.15, -0.1) is 0 Å². The molecule has 0 amide bonds. The van der Waals surface area contributed by atoms with Gasteiger partial charge in [0, 0.05) is 22.5 Å². The van der Waals surface area contributed by atoms with E-state index in [1.165, 1.54) is 6.07 Å². The molecule has 6 heteroatoms. The summed E-state index contributed by atoms with van der Waals surface area (Å²) in [5.41, 5.74) is 5.32. The number of furan rings is 1. The third kappa shape index (κ3) is 3.43. The van der Waals surface area contributed by atoms with Gasteiger partial charge in [0.05, 0.1) is 5.56 Å². The monoisotopic (exact) mass is 347 g/mol. The van der Waals surface area contributed by atoms with Gasteiger partial charge in [-0.25, -0.2) is 0 Å². The first-order valence-electron chi connectivity index (χ1n) is 5.99. The Bertz CT molecular complexity index is 605. The molecule has 2 N–H and O–H groups in total. The number of halogens is 4. The summed E-state index contributed by atoms with van der Waals surface area (Å²) >= 11 is 2.91. The minimum absolute atomic E-state index is 0.0103. The molecular weight excluding hydrogens is 335 g/mol. The molecule has 0 saturated carbocycles. The Labute approximate surface area is 122 Å². The highest BCUT2D eigenvalue weighted by atomic mass is 79.9. The normalized spacial score (nSPS) is 13.5. The van der Waals surface area contributed by atoms with Crippen molar-refractivity contribution in [2.45, 2.75) is 25.6 Å². The number of benzene rings is 1. The Morgan fingerprint density at radius 3 is 2.55 bits per heavy atom. The zero-order chi connectivity index (χ0) is 14.9. The predicted octanol–water partition coefficient (Wildman–Crippen LogP) is 4.62. The molecule has 1 heterocycles. The Balaban J connectivity index is 2.36. The second-order valence-electron chi connectivity index (χ2n) is 4.64. The fraction of sp³-hybridized carbons (Fsp3) is 0.286. The van der Waals surface area contributed by atoms with Crippen LogP contribution in [0.5, 0.6) is 0 Å². The van der Waals surface area contributed by atoms with E-state index in [2.05, 4.69) is 15.9 Å². The Hall–Kier alpha value is -1.27. The highest BCUT2D eigenvalue weighted by Crippen LogP contribution is 2.37. The minimum Gasteiger partial charge on any atom is -0.461 e. The summed E-state index contributed by atoms with van der Waals surface area (Å²) in [6.45, 7) is 1.84. The number of rotatable bonds is 3. The van der Waals surface area contributed by atoms with Crippen LogP contribution in [-0.2, 0) is 12.6 Å². The summed E-state index contributed by atoms with van der Waals surface area (Å²) in [5.74, 6) is 1.06. The van der Waals surface area contributed by atoms with Gasteiger partial charge in [0.15, 0.2) is 0 Å². The third-order valence-corrected chi connectivity index (χ3v) is 3.43. The van der Waals surface area contributed by atoms with E-state index in [4.69, 9.17) is 10.2 Å². The van der Waals surface area contributed by atoms with E-state index in [-0.39, 0.29) is 10.5 Å². The summed E-state index contributed by atoms with van der Waals surface area (Å²) in [6.07, 6.45) is -3.86. The molecule has 2 rings (SSSR count). The fourth-order valence-corrected chi connectivity index (χ4v) is 2.33. The zero-order valence-electron chi connectivity index (χ0n) is 10.7. The molecule has 1 atom stereocenters. The lowest BCUT2D eigenvalue weighted by Crippen LogP contribution is -2.17. The lowest BCUT2D eigenvalue weighted by Gasteiger charge is -2.10. The number of nitrogens with two attached hydrogens (primary N) is 1. The fourth-order valence-electron chi connectivity index (χ4n) is 1.86. The van der Waals surface area contributed by atoms with Crippen molar-refractivity contribution in [2.75, 3.05) is 0 Å². The molecule has 2 aromatic rings. The van der Waals surface area contributed by atoms with E-state index < -0.39 is 11.7 Å². The van der Waals surface area contributed by atoms with Crippen molar-refractivity contribution in [3.8, 4) is 11.3 Å². The first-order valence-corrected chi connectivity index (χ1v) is 6.78. The van der Waals surface area contributed by atoms with E-state index in [9.17, 15) is 13.2 Å². The summed E-state index contributed by atoms with van der Waals surface area (Å²) in [7, 11) is 0. The lowest BCUT2D eigenvalue weighted by molar-refractivity contribution is -0.138. The Morgan fingerprint density at radius 2 is 1.95 bits per heavy atom. The van der Waals surface area contributed by atoms with Crippen molar-refractivity contribution in [3.05, 3.63) is 46.1 Å². The molecule has 20 heavy (non-hydrogen) atoms. The molecule has 1 aromatic carbocycles. The van der Waals surface area contributed by atoms with Gasteiger partial charge >= 0.3 is 6.18 Å². The first-order chi connectivity index (χ1) is 9.27. The maximum absolute atomic E-state index is 12.8. The van der Waals surface area contributed by atoms with Crippen LogP contribution >= 0.6 is 15.9 Å². The van der Waals surface area contributed by atoms with E-state index in [0.717, 1.165) is 6.07 Å². The number of alkyl halides is 3. The van der Waals surface area contributed by atoms with E-state index >= 15 is 0 Å². The molecule has 1 aromatic heterocycles. The van der Waals surface area contributed by atoms with Gasteiger partial charge in [-0.1, -0.05) is 22.0 Å². The summed E-state index contributed by atoms with van der Waals surface area (Å²) in [6, 6.07) is 7.33. The van der Waals surface area contributed by atoms with Crippen LogP contribution in [0.3, 0.4) is 0 Å². The van der Waals surface area contributed by atoms with Crippen molar-refractivity contribution < 1.29 is 17.6 Å². The second kappa shape index (κ2) is 5.61. The topological polar surface area (TPSA) is 39.2 Å². The summed E-state index contributed by atoms with van der Waals surface area (Å²) < 4.78 is 44.1. The van der Waals surface area contributed by atoms with E-state index in [0.29, 0.717) is 23.5 Å². The molecule has 0 fully saturated rings. The highest BCUT2D eigenvalue weighted by Gasteiger charge is 2.33. The maximum Gasteiger partial charge on any atom is 0.417 e. The molecule has 0 radical (unpaired) electrons. The molecule has 0 aliphatic rings. The van der Waals surface area contributed by atoms with Crippen molar-refractivity contribution >= 4 is 15.9 Å².